The zero-order valence-corrected chi connectivity index (χ0v) is 13.6. The van der Waals surface area contributed by atoms with E-state index in [1.165, 1.54) is 0 Å². The van der Waals surface area contributed by atoms with Crippen molar-refractivity contribution in [1.82, 2.24) is 0 Å². The molecular weight excluding hydrogens is 330 g/mol. The molecule has 0 aliphatic heterocycles. The van der Waals surface area contributed by atoms with Gasteiger partial charge in [0.1, 0.15) is 10.1 Å². The van der Waals surface area contributed by atoms with Gasteiger partial charge in [0.05, 0.1) is 5.39 Å². The molecule has 3 aromatic rings. The summed E-state index contributed by atoms with van der Waals surface area (Å²) in [7, 11) is 0. The second kappa shape index (κ2) is 5.53. The Bertz CT molecular complexity index is 866. The van der Waals surface area contributed by atoms with E-state index in [-0.39, 0.29) is 5.43 Å². The van der Waals surface area contributed by atoms with Crippen LogP contribution in [0.15, 0.2) is 50.1 Å². The van der Waals surface area contributed by atoms with Crippen LogP contribution in [0.1, 0.15) is 13.8 Å². The van der Waals surface area contributed by atoms with E-state index in [1.54, 1.807) is 0 Å². The van der Waals surface area contributed by atoms with Gasteiger partial charge in [0, 0.05) is 13.1 Å². The van der Waals surface area contributed by atoms with E-state index >= 15 is 0 Å². The van der Waals surface area contributed by atoms with Crippen molar-refractivity contribution >= 4 is 43.6 Å². The van der Waals surface area contributed by atoms with Crippen molar-refractivity contribution in [3.8, 4) is 0 Å². The van der Waals surface area contributed by atoms with Crippen molar-refractivity contribution in [3.05, 3.63) is 51.1 Å². The summed E-state index contributed by atoms with van der Waals surface area (Å²) in [5.41, 5.74) is 0.610. The molecule has 3 rings (SSSR count). The average Bonchev–Trinajstić information content (AvgIpc) is 2.52. The van der Waals surface area contributed by atoms with Crippen LogP contribution >= 0.6 is 15.9 Å². The number of benzene rings is 2. The Labute approximate surface area is 131 Å². The lowest BCUT2D eigenvalue weighted by Crippen LogP contribution is -2.24. The Morgan fingerprint density at radius 3 is 2.52 bits per heavy atom. The van der Waals surface area contributed by atoms with Gasteiger partial charge in [-0.25, -0.2) is 0 Å². The van der Waals surface area contributed by atoms with E-state index in [9.17, 15) is 4.79 Å². The van der Waals surface area contributed by atoms with Gasteiger partial charge >= 0.3 is 0 Å². The van der Waals surface area contributed by atoms with E-state index in [0.717, 1.165) is 23.9 Å². The summed E-state index contributed by atoms with van der Waals surface area (Å²) in [6.07, 6.45) is 0. The van der Waals surface area contributed by atoms with Crippen molar-refractivity contribution < 1.29 is 4.42 Å². The molecule has 21 heavy (non-hydrogen) atoms. The highest BCUT2D eigenvalue weighted by molar-refractivity contribution is 9.10. The van der Waals surface area contributed by atoms with Crippen molar-refractivity contribution in [2.45, 2.75) is 13.8 Å². The summed E-state index contributed by atoms with van der Waals surface area (Å²) >= 11 is 3.42. The minimum Gasteiger partial charge on any atom is -0.439 e. The number of fused-ring (bicyclic) bond motifs is 3. The largest absolute Gasteiger partial charge is 0.439 e. The Kier molecular flexibility index (Phi) is 3.72. The Morgan fingerprint density at radius 2 is 1.81 bits per heavy atom. The summed E-state index contributed by atoms with van der Waals surface area (Å²) < 4.78 is 6.50. The number of rotatable bonds is 3. The summed E-state index contributed by atoms with van der Waals surface area (Å²) in [6.45, 7) is 5.66. The molecule has 0 fully saturated rings. The molecule has 0 aliphatic rings. The molecule has 0 saturated heterocycles. The summed E-state index contributed by atoms with van der Waals surface area (Å²) in [6, 6.07) is 11.7. The van der Waals surface area contributed by atoms with Gasteiger partial charge in [-0.15, -0.1) is 0 Å². The van der Waals surface area contributed by atoms with Crippen LogP contribution in [0, 0.1) is 0 Å². The van der Waals surface area contributed by atoms with Crippen LogP contribution in [0.25, 0.3) is 21.7 Å². The molecule has 4 heteroatoms. The molecule has 0 bridgehead atoms. The van der Waals surface area contributed by atoms with Crippen molar-refractivity contribution in [2.75, 3.05) is 18.0 Å². The topological polar surface area (TPSA) is 33.5 Å². The fourth-order valence-corrected chi connectivity index (χ4v) is 3.17. The van der Waals surface area contributed by atoms with Crippen LogP contribution in [0.3, 0.4) is 0 Å². The maximum atomic E-state index is 12.8. The Hall–Kier alpha value is -1.81. The maximum Gasteiger partial charge on any atom is 0.214 e. The van der Waals surface area contributed by atoms with Gasteiger partial charge in [0.2, 0.25) is 11.3 Å². The SMILES string of the molecule is CCN(CC)c1oc2ccc3ccccc3c2c(=O)c1Br. The Morgan fingerprint density at radius 1 is 1.10 bits per heavy atom. The fourth-order valence-electron chi connectivity index (χ4n) is 2.64. The molecule has 108 valence electrons. The van der Waals surface area contributed by atoms with Crippen molar-refractivity contribution in [3.63, 3.8) is 0 Å². The van der Waals surface area contributed by atoms with Gasteiger partial charge < -0.3 is 9.32 Å². The quantitative estimate of drug-likeness (QED) is 0.652. The molecule has 0 unspecified atom stereocenters. The normalized spacial score (nSPS) is 11.2. The second-order valence-corrected chi connectivity index (χ2v) is 5.68. The van der Waals surface area contributed by atoms with Crippen LogP contribution in [0.4, 0.5) is 5.88 Å². The number of hydrogen-bond donors (Lipinski definition) is 0. The summed E-state index contributed by atoms with van der Waals surface area (Å²) in [4.78, 5) is 14.8. The van der Waals surface area contributed by atoms with E-state index < -0.39 is 0 Å². The first kappa shape index (κ1) is 14.1. The van der Waals surface area contributed by atoms with Crippen LogP contribution in [-0.2, 0) is 0 Å². The lowest BCUT2D eigenvalue weighted by molar-refractivity contribution is 0.575. The molecule has 0 atom stereocenters. The first-order valence-corrected chi connectivity index (χ1v) is 7.85. The van der Waals surface area contributed by atoms with Crippen LogP contribution in [0.5, 0.6) is 0 Å². The van der Waals surface area contributed by atoms with Crippen molar-refractivity contribution in [2.24, 2.45) is 0 Å². The van der Waals surface area contributed by atoms with Gasteiger partial charge in [-0.05, 0) is 46.6 Å². The highest BCUT2D eigenvalue weighted by atomic mass is 79.9. The lowest BCUT2D eigenvalue weighted by Gasteiger charge is -2.20. The first-order chi connectivity index (χ1) is 10.2. The number of halogens is 1. The van der Waals surface area contributed by atoms with Gasteiger partial charge in [0.15, 0.2) is 0 Å². The van der Waals surface area contributed by atoms with Gasteiger partial charge in [0.25, 0.3) is 0 Å². The second-order valence-electron chi connectivity index (χ2n) is 4.88. The highest BCUT2D eigenvalue weighted by Crippen LogP contribution is 2.30. The summed E-state index contributed by atoms with van der Waals surface area (Å²) in [5.74, 6) is 0.604. The van der Waals surface area contributed by atoms with Gasteiger partial charge in [-0.3, -0.25) is 4.79 Å². The first-order valence-electron chi connectivity index (χ1n) is 7.06. The van der Waals surface area contributed by atoms with Crippen LogP contribution < -0.4 is 10.3 Å². The molecule has 1 aromatic heterocycles. The molecule has 0 N–H and O–H groups in total. The molecular formula is C17H16BrNO2. The lowest BCUT2D eigenvalue weighted by atomic mass is 10.1. The predicted octanol–water partition coefficient (Wildman–Crippen LogP) is 4.55. The minimum atomic E-state index is -0.0186. The predicted molar refractivity (Wildman–Crippen MR) is 91.3 cm³/mol. The zero-order chi connectivity index (χ0) is 15.0. The molecule has 0 aliphatic carbocycles. The van der Waals surface area contributed by atoms with Crippen LogP contribution in [0.2, 0.25) is 0 Å². The zero-order valence-electron chi connectivity index (χ0n) is 12.0. The average molecular weight is 346 g/mol. The molecule has 0 spiro atoms. The van der Waals surface area contributed by atoms with E-state index in [1.807, 2.05) is 55.1 Å². The number of anilines is 1. The number of nitrogens with zero attached hydrogens (tertiary/aromatic N) is 1. The van der Waals surface area contributed by atoms with Gasteiger partial charge in [-0.1, -0.05) is 30.3 Å². The number of hydrogen-bond acceptors (Lipinski definition) is 3. The third kappa shape index (κ3) is 2.23. The minimum absolute atomic E-state index is 0.0186. The molecule has 1 heterocycles. The molecule has 2 aromatic carbocycles. The molecule has 3 nitrogen and oxygen atoms in total. The van der Waals surface area contributed by atoms with E-state index in [4.69, 9.17) is 4.42 Å². The van der Waals surface area contributed by atoms with E-state index in [2.05, 4.69) is 15.9 Å². The van der Waals surface area contributed by atoms with Gasteiger partial charge in [-0.2, -0.15) is 0 Å². The maximum absolute atomic E-state index is 12.8. The fraction of sp³-hybridized carbons (Fsp3) is 0.235. The third-order valence-electron chi connectivity index (χ3n) is 3.76. The monoisotopic (exact) mass is 345 g/mol. The summed E-state index contributed by atoms with van der Waals surface area (Å²) in [5, 5.41) is 2.60. The van der Waals surface area contributed by atoms with E-state index in [0.29, 0.717) is 21.3 Å². The molecule has 0 radical (unpaired) electrons. The molecule has 0 amide bonds. The smallest absolute Gasteiger partial charge is 0.214 e. The third-order valence-corrected chi connectivity index (χ3v) is 4.46. The standard InChI is InChI=1S/C17H16BrNO2/c1-3-19(4-2)17-15(18)16(20)14-12-8-6-5-7-11(12)9-10-13(14)21-17/h5-10H,3-4H2,1-2H3. The van der Waals surface area contributed by atoms with Crippen molar-refractivity contribution in [1.29, 1.82) is 0 Å². The Balaban J connectivity index is 2.42. The highest BCUT2D eigenvalue weighted by Gasteiger charge is 2.17. The molecule has 0 saturated carbocycles. The van der Waals surface area contributed by atoms with Crippen LogP contribution in [-0.4, -0.2) is 13.1 Å².